The minimum absolute atomic E-state index is 0.0551. The van der Waals surface area contributed by atoms with E-state index in [9.17, 15) is 19.5 Å². The van der Waals surface area contributed by atoms with Gasteiger partial charge in [-0.05, 0) is 55.0 Å². The molecule has 274 valence electrons. The van der Waals surface area contributed by atoms with Crippen LogP contribution in [0, 0.1) is 6.92 Å². The SMILES string of the molecule is COc1nc(-c2cccc(-c3cccc(Nc4ncnc5c4c(=O)n(C)c(=O)n5C)c3C)c2Cl)cc2c1[C@@H](N1CC[C@@]3(CN(CCO)C(=O)N3)C1)CC2. The third-order valence-electron chi connectivity index (χ3n) is 11.1. The zero-order valence-electron chi connectivity index (χ0n) is 29.9. The number of halogens is 1. The molecule has 0 unspecified atom stereocenters. The van der Waals surface area contributed by atoms with E-state index in [1.54, 1.807) is 19.1 Å². The van der Waals surface area contributed by atoms with E-state index in [0.29, 0.717) is 35.5 Å². The topological polar surface area (TPSA) is 160 Å². The Morgan fingerprint density at radius 1 is 1.06 bits per heavy atom. The van der Waals surface area contributed by atoms with Gasteiger partial charge >= 0.3 is 11.7 Å². The second-order valence-electron chi connectivity index (χ2n) is 14.1. The van der Waals surface area contributed by atoms with E-state index >= 15 is 0 Å². The van der Waals surface area contributed by atoms with Crippen LogP contribution in [0.25, 0.3) is 33.4 Å². The largest absolute Gasteiger partial charge is 0.481 e. The summed E-state index contributed by atoms with van der Waals surface area (Å²) in [7, 11) is 4.65. The molecule has 3 N–H and O–H groups in total. The third kappa shape index (κ3) is 5.72. The van der Waals surface area contributed by atoms with Crippen molar-refractivity contribution in [1.29, 1.82) is 0 Å². The maximum Gasteiger partial charge on any atom is 0.332 e. The molecular weight excluding hydrogens is 698 g/mol. The molecule has 2 fully saturated rings. The number of pyridine rings is 1. The number of aryl methyl sites for hydroxylation is 2. The second-order valence-corrected chi connectivity index (χ2v) is 14.5. The molecule has 1 aliphatic carbocycles. The van der Waals surface area contributed by atoms with Crippen LogP contribution >= 0.6 is 11.6 Å². The summed E-state index contributed by atoms with van der Waals surface area (Å²) in [6.45, 7) is 4.40. The second kappa shape index (κ2) is 13.3. The third-order valence-corrected chi connectivity index (χ3v) is 11.5. The Bertz CT molecular complexity index is 2430. The zero-order valence-corrected chi connectivity index (χ0v) is 30.7. The van der Waals surface area contributed by atoms with Crippen LogP contribution in [0.2, 0.25) is 5.02 Å². The molecule has 0 saturated carbocycles. The number of carbonyl (C=O) groups excluding carboxylic acids is 1. The van der Waals surface area contributed by atoms with Crippen molar-refractivity contribution in [3.8, 4) is 28.3 Å². The van der Waals surface area contributed by atoms with E-state index in [0.717, 1.165) is 70.4 Å². The lowest BCUT2D eigenvalue weighted by Gasteiger charge is -2.28. The van der Waals surface area contributed by atoms with Crippen LogP contribution in [0.1, 0.15) is 35.6 Å². The Morgan fingerprint density at radius 2 is 1.83 bits per heavy atom. The molecule has 8 rings (SSSR count). The van der Waals surface area contributed by atoms with E-state index in [4.69, 9.17) is 21.3 Å². The van der Waals surface area contributed by atoms with E-state index in [-0.39, 0.29) is 35.3 Å². The Labute approximate surface area is 310 Å². The van der Waals surface area contributed by atoms with Crippen LogP contribution in [0.4, 0.5) is 16.3 Å². The number of nitrogens with zero attached hydrogens (tertiary/aromatic N) is 7. The number of urea groups is 1. The highest BCUT2D eigenvalue weighted by Crippen LogP contribution is 2.46. The quantitative estimate of drug-likeness (QED) is 0.213. The van der Waals surface area contributed by atoms with Crippen molar-refractivity contribution in [1.82, 2.24) is 39.2 Å². The Kier molecular flexibility index (Phi) is 8.71. The average Bonchev–Trinajstić information content (AvgIpc) is 3.86. The number of methoxy groups -OCH3 is 1. The van der Waals surface area contributed by atoms with Crippen molar-refractivity contribution < 1.29 is 14.6 Å². The minimum atomic E-state index is -0.489. The lowest BCUT2D eigenvalue weighted by Crippen LogP contribution is -2.46. The van der Waals surface area contributed by atoms with Gasteiger partial charge in [-0.25, -0.2) is 24.5 Å². The number of carbonyl (C=O) groups is 1. The number of nitrogens with one attached hydrogen (secondary N) is 2. The number of ether oxygens (including phenoxy) is 1. The summed E-state index contributed by atoms with van der Waals surface area (Å²) in [6.07, 6.45) is 3.94. The highest BCUT2D eigenvalue weighted by atomic mass is 35.5. The van der Waals surface area contributed by atoms with Gasteiger partial charge in [0.05, 0.1) is 30.0 Å². The first-order chi connectivity index (χ1) is 25.5. The van der Waals surface area contributed by atoms with Crippen LogP contribution in [-0.2, 0) is 20.5 Å². The number of benzene rings is 2. The van der Waals surface area contributed by atoms with Crippen LogP contribution in [-0.4, -0.2) is 90.5 Å². The van der Waals surface area contributed by atoms with Gasteiger partial charge in [0.15, 0.2) is 5.65 Å². The van der Waals surface area contributed by atoms with Gasteiger partial charge < -0.3 is 25.4 Å². The fourth-order valence-corrected chi connectivity index (χ4v) is 8.67. The molecule has 1 spiro atoms. The number of hydrogen-bond acceptors (Lipinski definition) is 10. The predicted molar refractivity (Wildman–Crippen MR) is 202 cm³/mol. The van der Waals surface area contributed by atoms with Crippen molar-refractivity contribution >= 4 is 40.2 Å². The molecule has 2 aromatic carbocycles. The monoisotopic (exact) mass is 737 g/mol. The van der Waals surface area contributed by atoms with Crippen LogP contribution in [0.5, 0.6) is 5.88 Å². The van der Waals surface area contributed by atoms with E-state index in [2.05, 4.69) is 31.6 Å². The fraction of sp³-hybridized carbons (Fsp3) is 0.368. The lowest BCUT2D eigenvalue weighted by molar-refractivity contribution is 0.193. The molecular formula is C38H40ClN9O5. The molecule has 15 heteroatoms. The zero-order chi connectivity index (χ0) is 37.2. The van der Waals surface area contributed by atoms with Crippen LogP contribution in [0.15, 0.2) is 58.4 Å². The Hall–Kier alpha value is -5.31. The fourth-order valence-electron chi connectivity index (χ4n) is 8.35. The van der Waals surface area contributed by atoms with Gasteiger partial charge in [-0.2, -0.15) is 0 Å². The van der Waals surface area contributed by atoms with Gasteiger partial charge in [-0.3, -0.25) is 18.8 Å². The van der Waals surface area contributed by atoms with Gasteiger partial charge in [-0.1, -0.05) is 41.9 Å². The molecule has 14 nitrogen and oxygen atoms in total. The highest BCUT2D eigenvalue weighted by molar-refractivity contribution is 6.36. The van der Waals surface area contributed by atoms with Crippen LogP contribution in [0.3, 0.4) is 0 Å². The molecule has 2 amide bonds. The van der Waals surface area contributed by atoms with Crippen molar-refractivity contribution in [3.63, 3.8) is 0 Å². The van der Waals surface area contributed by atoms with Gasteiger partial charge in [0.2, 0.25) is 5.88 Å². The molecule has 0 radical (unpaired) electrons. The first-order valence-corrected chi connectivity index (χ1v) is 18.0. The maximum absolute atomic E-state index is 13.2. The summed E-state index contributed by atoms with van der Waals surface area (Å²) < 4.78 is 8.32. The highest BCUT2D eigenvalue weighted by Gasteiger charge is 2.49. The van der Waals surface area contributed by atoms with Crippen LogP contribution < -0.4 is 26.6 Å². The summed E-state index contributed by atoms with van der Waals surface area (Å²) in [5, 5.41) is 16.7. The number of anilines is 2. The van der Waals surface area contributed by atoms with E-state index in [1.165, 1.54) is 23.5 Å². The number of rotatable bonds is 8. The van der Waals surface area contributed by atoms with E-state index in [1.807, 2.05) is 43.3 Å². The standard InChI is InChI=1S/C38H40ClN9O5/c1-21-23(7-6-10-26(21)42-32-30-33(41-20-40-32)45(2)37(52)46(3)35(30)50)24-8-5-9-25(31(24)39)27-17-22-11-12-28(29(22)34(43-27)53-4)47-14-13-38(18-47)19-48(15-16-49)36(51)44-38/h5-10,17,20,28,49H,11-16,18-19H2,1-4H3,(H,44,51)(H,40,41,42)/t28-,38-/m0/s1. The van der Waals surface area contributed by atoms with Crippen molar-refractivity contribution in [2.24, 2.45) is 14.1 Å². The number of hydrogen-bond donors (Lipinski definition) is 3. The van der Waals surface area contributed by atoms with E-state index < -0.39 is 11.2 Å². The summed E-state index contributed by atoms with van der Waals surface area (Å²) in [6, 6.07) is 13.8. The smallest absolute Gasteiger partial charge is 0.332 e. The molecule has 3 aliphatic rings. The number of aliphatic hydroxyl groups is 1. The molecule has 3 aromatic heterocycles. The number of likely N-dealkylation sites (tertiary alicyclic amines) is 1. The minimum Gasteiger partial charge on any atom is -0.481 e. The first-order valence-electron chi connectivity index (χ1n) is 17.6. The Balaban J connectivity index is 1.10. The summed E-state index contributed by atoms with van der Waals surface area (Å²) in [5.74, 6) is 0.864. The Morgan fingerprint density at radius 3 is 2.62 bits per heavy atom. The number of aliphatic hydroxyl groups excluding tert-OH is 1. The molecule has 0 bridgehead atoms. The van der Waals surface area contributed by atoms with Crippen molar-refractivity contribution in [3.05, 3.63) is 91.3 Å². The van der Waals surface area contributed by atoms with Crippen molar-refractivity contribution in [2.45, 2.75) is 37.8 Å². The number of amides is 2. The average molecular weight is 738 g/mol. The number of aromatic nitrogens is 5. The van der Waals surface area contributed by atoms with Gasteiger partial charge in [0.25, 0.3) is 5.56 Å². The number of fused-ring (bicyclic) bond motifs is 2. The first kappa shape index (κ1) is 34.8. The lowest BCUT2D eigenvalue weighted by atomic mass is 9.96. The molecule has 5 aromatic rings. The predicted octanol–water partition coefficient (Wildman–Crippen LogP) is 3.92. The summed E-state index contributed by atoms with van der Waals surface area (Å²) in [5.41, 5.74) is 5.98. The maximum atomic E-state index is 13.2. The normalized spacial score (nSPS) is 19.7. The molecule has 2 atom stereocenters. The summed E-state index contributed by atoms with van der Waals surface area (Å²) >= 11 is 7.24. The molecule has 2 saturated heterocycles. The van der Waals surface area contributed by atoms with Gasteiger partial charge in [-0.15, -0.1) is 0 Å². The van der Waals surface area contributed by atoms with Gasteiger partial charge in [0.1, 0.15) is 17.5 Å². The molecule has 2 aliphatic heterocycles. The van der Waals surface area contributed by atoms with Gasteiger partial charge in [0, 0.05) is 68.7 Å². The summed E-state index contributed by atoms with van der Waals surface area (Å²) in [4.78, 5) is 56.0. The molecule has 53 heavy (non-hydrogen) atoms. The molecule has 5 heterocycles. The van der Waals surface area contributed by atoms with Crippen molar-refractivity contribution in [2.75, 3.05) is 45.2 Å². The number of β-amino-alcohol motifs (C(OH)–C–C–N with tert-alkyl or cyclic N) is 1.